The van der Waals surface area contributed by atoms with Gasteiger partial charge in [-0.05, 0) is 67.8 Å². The van der Waals surface area contributed by atoms with Crippen molar-refractivity contribution in [2.24, 2.45) is 0 Å². The number of hydrogen-bond acceptors (Lipinski definition) is 5. The lowest BCUT2D eigenvalue weighted by Gasteiger charge is -2.23. The number of piperidine rings is 1. The largest absolute Gasteiger partial charge is 0.463 e. The van der Waals surface area contributed by atoms with E-state index < -0.39 is 0 Å². The quantitative estimate of drug-likeness (QED) is 0.715. The number of allylic oxidation sites excluding steroid dienone is 2. The number of nitrogens with zero attached hydrogens (tertiary/aromatic N) is 2. The van der Waals surface area contributed by atoms with Gasteiger partial charge in [0, 0.05) is 5.56 Å². The maximum atomic E-state index is 6.17. The van der Waals surface area contributed by atoms with Crippen molar-refractivity contribution in [2.75, 3.05) is 25.4 Å². The Bertz CT molecular complexity index is 838. The molecule has 1 aliphatic heterocycles. The molecule has 148 valence electrons. The molecule has 0 saturated carbocycles. The van der Waals surface area contributed by atoms with Gasteiger partial charge in [-0.3, -0.25) is 0 Å². The van der Waals surface area contributed by atoms with Crippen LogP contribution in [0.25, 0.3) is 5.57 Å². The number of hydrogen-bond donors (Lipinski definition) is 2. The van der Waals surface area contributed by atoms with Gasteiger partial charge < -0.3 is 15.8 Å². The highest BCUT2D eigenvalue weighted by molar-refractivity contribution is 5.75. The maximum Gasteiger partial charge on any atom is 0.318 e. The molecule has 0 unspecified atom stereocenters. The van der Waals surface area contributed by atoms with Gasteiger partial charge in [0.15, 0.2) is 0 Å². The van der Waals surface area contributed by atoms with E-state index in [1.165, 1.54) is 29.5 Å². The molecule has 0 spiro atoms. The summed E-state index contributed by atoms with van der Waals surface area (Å²) in [7, 11) is 0. The molecule has 0 amide bonds. The highest BCUT2D eigenvalue weighted by Crippen LogP contribution is 2.33. The number of rotatable bonds is 7. The van der Waals surface area contributed by atoms with Crippen molar-refractivity contribution >= 4 is 11.4 Å². The highest BCUT2D eigenvalue weighted by Gasteiger charge is 2.21. The summed E-state index contributed by atoms with van der Waals surface area (Å²) in [6.45, 7) is 5.02. The summed E-state index contributed by atoms with van der Waals surface area (Å²) in [5, 5.41) is 3.44. The molecule has 0 bridgehead atoms. The average molecular weight is 379 g/mol. The van der Waals surface area contributed by atoms with Gasteiger partial charge in [0.25, 0.3) is 0 Å². The molecule has 0 atom stereocenters. The second kappa shape index (κ2) is 8.74. The Morgan fingerprint density at radius 3 is 2.68 bits per heavy atom. The molecule has 2 heterocycles. The van der Waals surface area contributed by atoms with E-state index in [0.29, 0.717) is 24.4 Å². The number of unbranched alkanes of at least 4 members (excludes halogenated alkanes) is 1. The fourth-order valence-electron chi connectivity index (χ4n) is 4.08. The topological polar surface area (TPSA) is 73.1 Å². The summed E-state index contributed by atoms with van der Waals surface area (Å²) in [5.41, 5.74) is 12.1. The van der Waals surface area contributed by atoms with Crippen LogP contribution in [0.15, 0.2) is 30.3 Å². The number of benzene rings is 1. The predicted molar refractivity (Wildman–Crippen MR) is 114 cm³/mol. The summed E-state index contributed by atoms with van der Waals surface area (Å²) in [6.07, 6.45) is 8.44. The fourth-order valence-corrected chi connectivity index (χ4v) is 4.08. The van der Waals surface area contributed by atoms with Gasteiger partial charge in [-0.25, -0.2) is 0 Å². The minimum atomic E-state index is 0.402. The van der Waals surface area contributed by atoms with E-state index >= 15 is 0 Å². The first kappa shape index (κ1) is 18.9. The van der Waals surface area contributed by atoms with Crippen molar-refractivity contribution in [1.82, 2.24) is 15.3 Å². The zero-order valence-electron chi connectivity index (χ0n) is 16.7. The standard InChI is InChI=1S/C23H30N4O/c1-2-3-14-28-23-26-21-19(8-9-20(21)22(24)27-23)15-16-4-6-17(7-5-16)18-10-12-25-13-11-18/h4-8,18,25H,2-3,9-15H2,1H3,(H2,24,26,27). The normalized spacial score (nSPS) is 16.7. The first-order chi connectivity index (χ1) is 13.7. The van der Waals surface area contributed by atoms with Gasteiger partial charge in [-0.15, -0.1) is 0 Å². The van der Waals surface area contributed by atoms with E-state index in [1.807, 2.05) is 0 Å². The Kier molecular flexibility index (Phi) is 5.91. The van der Waals surface area contributed by atoms with Crippen molar-refractivity contribution < 1.29 is 4.74 Å². The van der Waals surface area contributed by atoms with Gasteiger partial charge >= 0.3 is 6.01 Å². The van der Waals surface area contributed by atoms with Crippen molar-refractivity contribution in [1.29, 1.82) is 0 Å². The minimum absolute atomic E-state index is 0.402. The van der Waals surface area contributed by atoms with Crippen LogP contribution in [0.5, 0.6) is 6.01 Å². The van der Waals surface area contributed by atoms with Crippen LogP contribution >= 0.6 is 0 Å². The monoisotopic (exact) mass is 378 g/mol. The molecular weight excluding hydrogens is 348 g/mol. The Hall–Kier alpha value is -2.40. The number of nitrogen functional groups attached to an aromatic ring is 1. The average Bonchev–Trinajstić information content (AvgIpc) is 3.13. The Morgan fingerprint density at radius 2 is 1.93 bits per heavy atom. The van der Waals surface area contributed by atoms with Gasteiger partial charge in [0.05, 0.1) is 12.3 Å². The van der Waals surface area contributed by atoms with Crippen LogP contribution in [0.2, 0.25) is 0 Å². The van der Waals surface area contributed by atoms with Crippen molar-refractivity contribution in [3.63, 3.8) is 0 Å². The zero-order valence-corrected chi connectivity index (χ0v) is 16.7. The van der Waals surface area contributed by atoms with Crippen LogP contribution in [0.1, 0.15) is 60.9 Å². The molecule has 1 saturated heterocycles. The van der Waals surface area contributed by atoms with E-state index in [0.717, 1.165) is 50.0 Å². The molecule has 5 nitrogen and oxygen atoms in total. The number of anilines is 1. The van der Waals surface area contributed by atoms with E-state index in [4.69, 9.17) is 10.5 Å². The van der Waals surface area contributed by atoms with Crippen molar-refractivity contribution in [2.45, 2.75) is 51.4 Å². The molecular formula is C23H30N4O. The Labute approximate surface area is 167 Å². The molecule has 1 aromatic heterocycles. The van der Waals surface area contributed by atoms with Crippen LogP contribution in [-0.4, -0.2) is 29.7 Å². The number of nitrogens with two attached hydrogens (primary N) is 1. The summed E-state index contributed by atoms with van der Waals surface area (Å²) in [4.78, 5) is 8.99. The second-order valence-electron chi connectivity index (χ2n) is 7.80. The molecule has 1 fully saturated rings. The third kappa shape index (κ3) is 4.20. The van der Waals surface area contributed by atoms with Gasteiger partial charge in [-0.1, -0.05) is 43.7 Å². The van der Waals surface area contributed by atoms with Crippen LogP contribution in [0.4, 0.5) is 5.82 Å². The van der Waals surface area contributed by atoms with Crippen LogP contribution in [0.3, 0.4) is 0 Å². The SMILES string of the molecule is CCCCOc1nc(N)c2c(n1)C(Cc1ccc(C3CCNCC3)cc1)=CC2. The highest BCUT2D eigenvalue weighted by atomic mass is 16.5. The molecule has 0 radical (unpaired) electrons. The summed E-state index contributed by atoms with van der Waals surface area (Å²) in [5.74, 6) is 1.24. The minimum Gasteiger partial charge on any atom is -0.463 e. The third-order valence-corrected chi connectivity index (χ3v) is 5.79. The maximum absolute atomic E-state index is 6.17. The smallest absolute Gasteiger partial charge is 0.318 e. The summed E-state index contributed by atoms with van der Waals surface area (Å²) in [6, 6.07) is 9.53. The van der Waals surface area contributed by atoms with Crippen molar-refractivity contribution in [3.8, 4) is 6.01 Å². The number of nitrogens with one attached hydrogen (secondary N) is 1. The van der Waals surface area contributed by atoms with Crippen LogP contribution in [-0.2, 0) is 12.8 Å². The van der Waals surface area contributed by atoms with Gasteiger partial charge in [-0.2, -0.15) is 9.97 Å². The Morgan fingerprint density at radius 1 is 1.14 bits per heavy atom. The first-order valence-electron chi connectivity index (χ1n) is 10.5. The number of ether oxygens (including phenoxy) is 1. The fraction of sp³-hybridized carbons (Fsp3) is 0.478. The first-order valence-corrected chi connectivity index (χ1v) is 10.5. The summed E-state index contributed by atoms with van der Waals surface area (Å²) < 4.78 is 5.70. The molecule has 2 aliphatic rings. The molecule has 3 N–H and O–H groups in total. The summed E-state index contributed by atoms with van der Waals surface area (Å²) >= 11 is 0. The second-order valence-corrected chi connectivity index (χ2v) is 7.80. The molecule has 4 rings (SSSR count). The van der Waals surface area contributed by atoms with E-state index in [2.05, 4.69) is 52.5 Å². The molecule has 1 aromatic carbocycles. The lowest BCUT2D eigenvalue weighted by Crippen LogP contribution is -2.26. The van der Waals surface area contributed by atoms with Crippen LogP contribution < -0.4 is 15.8 Å². The van der Waals surface area contributed by atoms with E-state index in [9.17, 15) is 0 Å². The molecule has 2 aromatic rings. The van der Waals surface area contributed by atoms with Crippen LogP contribution in [0, 0.1) is 0 Å². The lowest BCUT2D eigenvalue weighted by molar-refractivity contribution is 0.285. The predicted octanol–water partition coefficient (Wildman–Crippen LogP) is 3.89. The van der Waals surface area contributed by atoms with Gasteiger partial charge in [0.2, 0.25) is 0 Å². The number of aromatic nitrogens is 2. The zero-order chi connectivity index (χ0) is 19.3. The molecule has 1 aliphatic carbocycles. The van der Waals surface area contributed by atoms with E-state index in [-0.39, 0.29) is 0 Å². The van der Waals surface area contributed by atoms with Crippen molar-refractivity contribution in [3.05, 3.63) is 52.7 Å². The third-order valence-electron chi connectivity index (χ3n) is 5.79. The Balaban J connectivity index is 1.46. The molecule has 28 heavy (non-hydrogen) atoms. The lowest BCUT2D eigenvalue weighted by atomic mass is 9.89. The molecule has 5 heteroatoms. The van der Waals surface area contributed by atoms with Gasteiger partial charge in [0.1, 0.15) is 5.82 Å². The number of fused-ring (bicyclic) bond motifs is 1. The van der Waals surface area contributed by atoms with E-state index in [1.54, 1.807) is 0 Å².